The third kappa shape index (κ3) is 9.30. The largest absolute Gasteiger partial charge is 0.481 e. The zero-order valence-electron chi connectivity index (χ0n) is 4.42. The van der Waals surface area contributed by atoms with Crippen LogP contribution < -0.4 is 0 Å². The van der Waals surface area contributed by atoms with Crippen molar-refractivity contribution in [1.29, 1.82) is 0 Å². The first-order chi connectivity index (χ1) is 3.13. The Morgan fingerprint density at radius 1 is 1.50 bits per heavy atom. The number of carbonyl (C=O) groups is 2. The molecule has 1 radical (unpaired) electrons. The van der Waals surface area contributed by atoms with Crippen molar-refractivity contribution < 1.29 is 37.1 Å². The number of carboxylic acids is 1. The molecule has 8 heavy (non-hydrogen) atoms. The fourth-order valence-electron chi connectivity index (χ4n) is 0.213. The first kappa shape index (κ1) is 10.8. The summed E-state index contributed by atoms with van der Waals surface area (Å²) >= 11 is 0. The van der Waals surface area contributed by atoms with Gasteiger partial charge in [0, 0.05) is 22.4 Å². The molecule has 1 N–H and O–H groups in total. The Morgan fingerprint density at radius 3 is 1.88 bits per heavy atom. The van der Waals surface area contributed by atoms with Crippen molar-refractivity contribution in [3.05, 3.63) is 0 Å². The Morgan fingerprint density at radius 2 is 1.88 bits per heavy atom. The minimum absolute atomic E-state index is 0. The van der Waals surface area contributed by atoms with E-state index in [0.717, 1.165) is 0 Å². The predicted molar refractivity (Wildman–Crippen MR) is 22.9 cm³/mol. The van der Waals surface area contributed by atoms with E-state index in [-0.39, 0.29) is 34.6 Å². The van der Waals surface area contributed by atoms with Crippen LogP contribution in [0.5, 0.6) is 0 Å². The van der Waals surface area contributed by atoms with Crippen LogP contribution in [-0.4, -0.2) is 16.9 Å². The molecular formula is C4H6O3Ta. The third-order valence-corrected chi connectivity index (χ3v) is 0.400. The van der Waals surface area contributed by atoms with Crippen molar-refractivity contribution in [3.8, 4) is 0 Å². The monoisotopic (exact) mass is 283 g/mol. The summed E-state index contributed by atoms with van der Waals surface area (Å²) in [4.78, 5) is 19.5. The summed E-state index contributed by atoms with van der Waals surface area (Å²) in [5.74, 6) is -1.37. The molecule has 0 atom stereocenters. The van der Waals surface area contributed by atoms with E-state index in [1.807, 2.05) is 0 Å². The number of aliphatic carboxylic acids is 1. The molecule has 3 nitrogen and oxygen atoms in total. The molecule has 0 aromatic heterocycles. The molecule has 0 amide bonds. The Balaban J connectivity index is 0. The molecule has 0 unspecified atom stereocenters. The van der Waals surface area contributed by atoms with Crippen LogP contribution >= 0.6 is 0 Å². The van der Waals surface area contributed by atoms with Gasteiger partial charge in [-0.3, -0.25) is 9.59 Å². The van der Waals surface area contributed by atoms with Crippen LogP contribution in [0.15, 0.2) is 0 Å². The molecule has 0 aliphatic heterocycles. The number of hydrogen-bond donors (Lipinski definition) is 1. The Hall–Kier alpha value is -0.120. The molecule has 0 fully saturated rings. The first-order valence-corrected chi connectivity index (χ1v) is 1.84. The Kier molecular flexibility index (Phi) is 6.78. The zero-order chi connectivity index (χ0) is 5.86. The van der Waals surface area contributed by atoms with Gasteiger partial charge >= 0.3 is 5.97 Å². The molecule has 45 valence electrons. The molecule has 0 bridgehead atoms. The van der Waals surface area contributed by atoms with E-state index in [4.69, 9.17) is 5.11 Å². The average molecular weight is 283 g/mol. The van der Waals surface area contributed by atoms with Crippen molar-refractivity contribution in [3.63, 3.8) is 0 Å². The van der Waals surface area contributed by atoms with Crippen LogP contribution in [0.3, 0.4) is 0 Å². The van der Waals surface area contributed by atoms with Gasteiger partial charge in [-0.25, -0.2) is 0 Å². The van der Waals surface area contributed by atoms with Gasteiger partial charge in [0.2, 0.25) is 0 Å². The molecule has 0 spiro atoms. The van der Waals surface area contributed by atoms with Crippen molar-refractivity contribution in [2.45, 2.75) is 13.3 Å². The molecule has 0 aromatic carbocycles. The van der Waals surface area contributed by atoms with Crippen LogP contribution in [0.2, 0.25) is 0 Å². The summed E-state index contributed by atoms with van der Waals surface area (Å²) in [5, 5.41) is 7.86. The van der Waals surface area contributed by atoms with Gasteiger partial charge in [-0.2, -0.15) is 0 Å². The van der Waals surface area contributed by atoms with Crippen LogP contribution in [0.1, 0.15) is 13.3 Å². The third-order valence-electron chi connectivity index (χ3n) is 0.400. The fourth-order valence-corrected chi connectivity index (χ4v) is 0.213. The second-order valence-corrected chi connectivity index (χ2v) is 1.27. The maximum Gasteiger partial charge on any atom is 0.310 e. The molecule has 0 rings (SSSR count). The van der Waals surface area contributed by atoms with E-state index in [0.29, 0.717) is 0 Å². The number of rotatable bonds is 2. The minimum atomic E-state index is -1.06. The smallest absolute Gasteiger partial charge is 0.310 e. The quantitative estimate of drug-likeness (QED) is 0.728. The number of Topliss-reactive ketones (excluding diaryl/α,β-unsaturated/α-hetero) is 1. The van der Waals surface area contributed by atoms with Crippen molar-refractivity contribution in [2.75, 3.05) is 0 Å². The summed E-state index contributed by atoms with van der Waals surface area (Å²) in [7, 11) is 0. The summed E-state index contributed by atoms with van der Waals surface area (Å²) < 4.78 is 0. The fraction of sp³-hybridized carbons (Fsp3) is 0.500. The SMILES string of the molecule is CC(=O)CC(=O)O.[Ta]. The molecule has 4 heteroatoms. The molecule has 0 saturated carbocycles. The van der Waals surface area contributed by atoms with Crippen LogP contribution in [0, 0.1) is 0 Å². The second kappa shape index (κ2) is 5.03. The van der Waals surface area contributed by atoms with Gasteiger partial charge < -0.3 is 5.11 Å². The van der Waals surface area contributed by atoms with Crippen LogP contribution in [-0.2, 0) is 32.0 Å². The van der Waals surface area contributed by atoms with Gasteiger partial charge in [0.1, 0.15) is 12.2 Å². The topological polar surface area (TPSA) is 54.4 Å². The van der Waals surface area contributed by atoms with Gasteiger partial charge in [-0.15, -0.1) is 0 Å². The van der Waals surface area contributed by atoms with E-state index in [1.54, 1.807) is 0 Å². The van der Waals surface area contributed by atoms with Crippen molar-refractivity contribution in [1.82, 2.24) is 0 Å². The Bertz CT molecular complexity index is 87.5. The Labute approximate surface area is 62.6 Å². The van der Waals surface area contributed by atoms with Gasteiger partial charge in [0.25, 0.3) is 0 Å². The number of ketones is 1. The summed E-state index contributed by atoms with van der Waals surface area (Å²) in [6.45, 7) is 1.24. The normalized spacial score (nSPS) is 7.12. The van der Waals surface area contributed by atoms with E-state index < -0.39 is 5.97 Å². The molecular weight excluding hydrogens is 277 g/mol. The molecule has 0 heterocycles. The zero-order valence-corrected chi connectivity index (χ0v) is 7.63. The summed E-state index contributed by atoms with van der Waals surface area (Å²) in [6.07, 6.45) is -0.361. The van der Waals surface area contributed by atoms with Gasteiger partial charge in [-0.05, 0) is 6.92 Å². The second-order valence-electron chi connectivity index (χ2n) is 1.27. The van der Waals surface area contributed by atoms with Gasteiger partial charge in [-0.1, -0.05) is 0 Å². The average Bonchev–Trinajstić information content (AvgIpc) is 1.27. The first-order valence-electron chi connectivity index (χ1n) is 1.84. The van der Waals surface area contributed by atoms with Crippen LogP contribution in [0.25, 0.3) is 0 Å². The molecule has 0 aliphatic carbocycles. The van der Waals surface area contributed by atoms with E-state index >= 15 is 0 Å². The minimum Gasteiger partial charge on any atom is -0.481 e. The molecule has 0 aromatic rings. The van der Waals surface area contributed by atoms with Gasteiger partial charge in [0.05, 0.1) is 0 Å². The van der Waals surface area contributed by atoms with Crippen molar-refractivity contribution in [2.24, 2.45) is 0 Å². The predicted octanol–water partition coefficient (Wildman–Crippen LogP) is 0.0476. The van der Waals surface area contributed by atoms with E-state index in [9.17, 15) is 9.59 Å². The number of hydrogen-bond acceptors (Lipinski definition) is 2. The summed E-state index contributed by atoms with van der Waals surface area (Å²) in [6, 6.07) is 0. The number of carbonyl (C=O) groups excluding carboxylic acids is 1. The summed E-state index contributed by atoms with van der Waals surface area (Å²) in [5.41, 5.74) is 0. The molecule has 0 aliphatic rings. The van der Waals surface area contributed by atoms with Gasteiger partial charge in [0.15, 0.2) is 0 Å². The standard InChI is InChI=1S/C4H6O3.Ta/c1-3(5)2-4(6)7;/h2H2,1H3,(H,6,7);. The van der Waals surface area contributed by atoms with E-state index in [2.05, 4.69) is 0 Å². The maximum absolute atomic E-state index is 9.87. The van der Waals surface area contributed by atoms with Crippen molar-refractivity contribution >= 4 is 11.8 Å². The number of carboxylic acid groups (broad SMARTS) is 1. The van der Waals surface area contributed by atoms with Crippen LogP contribution in [0.4, 0.5) is 0 Å². The maximum atomic E-state index is 9.87. The molecule has 0 saturated heterocycles. The van der Waals surface area contributed by atoms with E-state index in [1.165, 1.54) is 6.92 Å².